The summed E-state index contributed by atoms with van der Waals surface area (Å²) >= 11 is 0. The first kappa shape index (κ1) is 19.1. The Hall–Kier alpha value is -1.26. The summed E-state index contributed by atoms with van der Waals surface area (Å²) in [6.07, 6.45) is 3.48. The third-order valence-electron chi connectivity index (χ3n) is 5.56. The highest BCUT2D eigenvalue weighted by molar-refractivity contribution is 5.85. The average Bonchev–Trinajstić information content (AvgIpc) is 3.07. The van der Waals surface area contributed by atoms with Crippen LogP contribution >= 0.6 is 12.4 Å². The zero-order chi connectivity index (χ0) is 16.6. The van der Waals surface area contributed by atoms with Crippen LogP contribution in [0.5, 0.6) is 5.75 Å². The van der Waals surface area contributed by atoms with Gasteiger partial charge in [-0.3, -0.25) is 4.79 Å². The number of benzene rings is 1. The maximum Gasteiger partial charge on any atom is 0.225 e. The summed E-state index contributed by atoms with van der Waals surface area (Å²) in [4.78, 5) is 12.6. The molecule has 0 heterocycles. The summed E-state index contributed by atoms with van der Waals surface area (Å²) < 4.78 is 5.94. The predicted molar refractivity (Wildman–Crippen MR) is 98.6 cm³/mol. The minimum Gasteiger partial charge on any atom is -0.491 e. The Kier molecular flexibility index (Phi) is 6.16. The largest absolute Gasteiger partial charge is 0.491 e. The SMILES string of the molecule is Cc1cccc(C)c1OCC(C)NC(=O)C1C2CCC(C2)C1N.Cl. The van der Waals surface area contributed by atoms with Gasteiger partial charge in [0, 0.05) is 6.04 Å². The number of ether oxygens (including phenoxy) is 1. The molecular weight excluding hydrogens is 324 g/mol. The zero-order valence-corrected chi connectivity index (χ0v) is 15.6. The molecule has 2 aliphatic carbocycles. The number of hydrogen-bond acceptors (Lipinski definition) is 3. The molecule has 3 rings (SSSR count). The molecule has 24 heavy (non-hydrogen) atoms. The van der Waals surface area contributed by atoms with Gasteiger partial charge in [0.1, 0.15) is 12.4 Å². The molecule has 1 aromatic rings. The van der Waals surface area contributed by atoms with E-state index in [9.17, 15) is 4.79 Å². The van der Waals surface area contributed by atoms with Gasteiger partial charge in [0.15, 0.2) is 0 Å². The number of nitrogens with two attached hydrogens (primary N) is 1. The number of aryl methyl sites for hydroxylation is 2. The number of halogens is 1. The molecule has 4 nitrogen and oxygen atoms in total. The molecule has 3 N–H and O–H groups in total. The Morgan fingerprint density at radius 1 is 1.29 bits per heavy atom. The standard InChI is InChI=1S/C19H28N2O2.ClH/c1-11-5-4-6-12(2)18(11)23-10-13(3)21-19(22)16-14-7-8-15(9-14)17(16)20;/h4-6,13-17H,7-10,20H2,1-3H3,(H,21,22);1H. The van der Waals surface area contributed by atoms with Crippen molar-refractivity contribution >= 4 is 18.3 Å². The van der Waals surface area contributed by atoms with Crippen LogP contribution in [0.4, 0.5) is 0 Å². The molecule has 2 aliphatic rings. The van der Waals surface area contributed by atoms with Crippen molar-refractivity contribution in [3.63, 3.8) is 0 Å². The third-order valence-corrected chi connectivity index (χ3v) is 5.56. The molecule has 2 saturated carbocycles. The summed E-state index contributed by atoms with van der Waals surface area (Å²) in [5.74, 6) is 2.07. The molecule has 5 atom stereocenters. The van der Waals surface area contributed by atoms with Crippen molar-refractivity contribution in [3.05, 3.63) is 29.3 Å². The second kappa shape index (κ2) is 7.75. The quantitative estimate of drug-likeness (QED) is 0.856. The van der Waals surface area contributed by atoms with Crippen molar-refractivity contribution < 1.29 is 9.53 Å². The van der Waals surface area contributed by atoms with Gasteiger partial charge in [-0.25, -0.2) is 0 Å². The molecule has 2 fully saturated rings. The van der Waals surface area contributed by atoms with E-state index in [-0.39, 0.29) is 36.3 Å². The lowest BCUT2D eigenvalue weighted by molar-refractivity contribution is -0.127. The summed E-state index contributed by atoms with van der Waals surface area (Å²) in [6, 6.07) is 6.13. The summed E-state index contributed by atoms with van der Waals surface area (Å²) in [6.45, 7) is 6.55. The van der Waals surface area contributed by atoms with Crippen LogP contribution in [0.15, 0.2) is 18.2 Å². The van der Waals surface area contributed by atoms with Crippen LogP contribution < -0.4 is 15.8 Å². The lowest BCUT2D eigenvalue weighted by atomic mass is 9.84. The number of rotatable bonds is 5. The molecule has 5 unspecified atom stereocenters. The minimum absolute atomic E-state index is 0. The zero-order valence-electron chi connectivity index (χ0n) is 14.7. The fraction of sp³-hybridized carbons (Fsp3) is 0.632. The molecule has 0 aromatic heterocycles. The van der Waals surface area contributed by atoms with Gasteiger partial charge in [-0.1, -0.05) is 18.2 Å². The first-order valence-electron chi connectivity index (χ1n) is 8.72. The van der Waals surface area contributed by atoms with E-state index in [1.807, 2.05) is 39.0 Å². The number of amides is 1. The topological polar surface area (TPSA) is 64.3 Å². The highest BCUT2D eigenvalue weighted by Crippen LogP contribution is 2.47. The van der Waals surface area contributed by atoms with Crippen LogP contribution in [-0.4, -0.2) is 24.6 Å². The Morgan fingerprint density at radius 3 is 2.50 bits per heavy atom. The monoisotopic (exact) mass is 352 g/mol. The Labute approximate surface area is 150 Å². The second-order valence-electron chi connectivity index (χ2n) is 7.38. The van der Waals surface area contributed by atoms with Crippen molar-refractivity contribution in [2.75, 3.05) is 6.61 Å². The van der Waals surface area contributed by atoms with Crippen LogP contribution in [0.3, 0.4) is 0 Å². The Bertz CT molecular complexity index is 570. The smallest absolute Gasteiger partial charge is 0.225 e. The normalized spacial score (nSPS) is 29.0. The lowest BCUT2D eigenvalue weighted by Crippen LogP contribution is -2.48. The van der Waals surface area contributed by atoms with Crippen molar-refractivity contribution in [2.45, 2.75) is 52.1 Å². The summed E-state index contributed by atoms with van der Waals surface area (Å²) in [5, 5.41) is 3.10. The Morgan fingerprint density at radius 2 is 1.92 bits per heavy atom. The number of carbonyl (C=O) groups excluding carboxylic acids is 1. The van der Waals surface area contributed by atoms with Gasteiger partial charge in [0.25, 0.3) is 0 Å². The van der Waals surface area contributed by atoms with Crippen LogP contribution in [0, 0.1) is 31.6 Å². The summed E-state index contributed by atoms with van der Waals surface area (Å²) in [5.41, 5.74) is 8.50. The lowest BCUT2D eigenvalue weighted by Gasteiger charge is -2.28. The van der Waals surface area contributed by atoms with E-state index in [1.165, 1.54) is 6.42 Å². The van der Waals surface area contributed by atoms with Crippen molar-refractivity contribution in [1.82, 2.24) is 5.32 Å². The van der Waals surface area contributed by atoms with Crippen LogP contribution in [-0.2, 0) is 4.79 Å². The second-order valence-corrected chi connectivity index (χ2v) is 7.38. The van der Waals surface area contributed by atoms with Gasteiger partial charge >= 0.3 is 0 Å². The highest BCUT2D eigenvalue weighted by Gasteiger charge is 2.49. The fourth-order valence-corrected chi connectivity index (χ4v) is 4.34. The molecule has 0 radical (unpaired) electrons. The van der Waals surface area contributed by atoms with Crippen molar-refractivity contribution in [1.29, 1.82) is 0 Å². The predicted octanol–water partition coefficient (Wildman–Crippen LogP) is 2.98. The number of nitrogens with one attached hydrogen (secondary N) is 1. The van der Waals surface area contributed by atoms with E-state index in [0.717, 1.165) is 29.7 Å². The van der Waals surface area contributed by atoms with Crippen molar-refractivity contribution in [3.8, 4) is 5.75 Å². The number of para-hydroxylation sites is 1. The molecular formula is C19H29ClN2O2. The molecule has 2 bridgehead atoms. The Balaban J connectivity index is 0.00000208. The molecule has 0 saturated heterocycles. The van der Waals surface area contributed by atoms with Gasteiger partial charge in [0.05, 0.1) is 12.0 Å². The number of carbonyl (C=O) groups is 1. The van der Waals surface area contributed by atoms with E-state index < -0.39 is 0 Å². The van der Waals surface area contributed by atoms with E-state index in [0.29, 0.717) is 18.4 Å². The minimum atomic E-state index is -0.0205. The molecule has 0 aliphatic heterocycles. The van der Waals surface area contributed by atoms with E-state index in [4.69, 9.17) is 10.5 Å². The van der Waals surface area contributed by atoms with Crippen LogP contribution in [0.1, 0.15) is 37.3 Å². The van der Waals surface area contributed by atoms with Crippen LogP contribution in [0.25, 0.3) is 0 Å². The highest BCUT2D eigenvalue weighted by atomic mass is 35.5. The fourth-order valence-electron chi connectivity index (χ4n) is 4.34. The average molecular weight is 353 g/mol. The van der Waals surface area contributed by atoms with Gasteiger partial charge in [-0.05, 0) is 63.0 Å². The van der Waals surface area contributed by atoms with Gasteiger partial charge < -0.3 is 15.8 Å². The maximum atomic E-state index is 12.6. The first-order valence-corrected chi connectivity index (χ1v) is 8.72. The van der Waals surface area contributed by atoms with Gasteiger partial charge in [-0.15, -0.1) is 12.4 Å². The third kappa shape index (κ3) is 3.70. The number of hydrogen-bond donors (Lipinski definition) is 2. The van der Waals surface area contributed by atoms with Crippen LogP contribution in [0.2, 0.25) is 0 Å². The van der Waals surface area contributed by atoms with Crippen molar-refractivity contribution in [2.24, 2.45) is 23.5 Å². The van der Waals surface area contributed by atoms with E-state index in [2.05, 4.69) is 5.32 Å². The number of fused-ring (bicyclic) bond motifs is 2. The molecule has 1 aromatic carbocycles. The molecule has 1 amide bonds. The molecule has 0 spiro atoms. The maximum absolute atomic E-state index is 12.6. The summed E-state index contributed by atoms with van der Waals surface area (Å²) in [7, 11) is 0. The van der Waals surface area contributed by atoms with Gasteiger partial charge in [-0.2, -0.15) is 0 Å². The molecule has 134 valence electrons. The molecule has 5 heteroatoms. The van der Waals surface area contributed by atoms with E-state index >= 15 is 0 Å². The first-order chi connectivity index (χ1) is 11.0. The van der Waals surface area contributed by atoms with Gasteiger partial charge in [0.2, 0.25) is 5.91 Å². The van der Waals surface area contributed by atoms with E-state index in [1.54, 1.807) is 0 Å².